The Balaban J connectivity index is 1.53. The van der Waals surface area contributed by atoms with E-state index in [4.69, 9.17) is 0 Å². The van der Waals surface area contributed by atoms with Gasteiger partial charge in [-0.3, -0.25) is 9.59 Å². The first kappa shape index (κ1) is 18.7. The summed E-state index contributed by atoms with van der Waals surface area (Å²) < 4.78 is 26.2. The molecule has 0 radical (unpaired) electrons. The monoisotopic (exact) mass is 398 g/mol. The molecule has 1 atom stereocenters. The summed E-state index contributed by atoms with van der Waals surface area (Å²) >= 11 is 0. The van der Waals surface area contributed by atoms with Crippen LogP contribution in [0.25, 0.3) is 0 Å². The number of benzene rings is 2. The van der Waals surface area contributed by atoms with Gasteiger partial charge in [-0.25, -0.2) is 12.7 Å². The van der Waals surface area contributed by atoms with E-state index in [1.54, 1.807) is 36.4 Å². The Morgan fingerprint density at radius 3 is 2.46 bits per heavy atom. The van der Waals surface area contributed by atoms with Crippen LogP contribution < -0.4 is 0 Å². The summed E-state index contributed by atoms with van der Waals surface area (Å²) in [5.74, 6) is -0.520. The van der Waals surface area contributed by atoms with Gasteiger partial charge in [-0.1, -0.05) is 24.3 Å². The number of sulfonamides is 1. The Bertz CT molecular complexity index is 1030. The molecule has 0 unspecified atom stereocenters. The Morgan fingerprint density at radius 1 is 1.07 bits per heavy atom. The number of rotatable bonds is 3. The van der Waals surface area contributed by atoms with E-state index in [2.05, 4.69) is 6.92 Å². The number of piperidine rings is 1. The van der Waals surface area contributed by atoms with E-state index in [0.717, 1.165) is 30.1 Å². The van der Waals surface area contributed by atoms with Gasteiger partial charge in [0.05, 0.1) is 12.1 Å². The average Bonchev–Trinajstić information content (AvgIpc) is 2.89. The first-order chi connectivity index (χ1) is 13.4. The van der Waals surface area contributed by atoms with Crippen LogP contribution in [-0.2, 0) is 16.6 Å². The molecule has 0 saturated carbocycles. The first-order valence-corrected chi connectivity index (χ1v) is 10.9. The summed E-state index contributed by atoms with van der Waals surface area (Å²) in [5.41, 5.74) is 1.44. The third-order valence-electron chi connectivity index (χ3n) is 5.50. The zero-order valence-corrected chi connectivity index (χ0v) is 16.5. The predicted octanol–water partition coefficient (Wildman–Crippen LogP) is 3.05. The zero-order chi connectivity index (χ0) is 19.9. The number of nitrogens with zero attached hydrogens (tertiary/aromatic N) is 2. The molecule has 6 nitrogen and oxygen atoms in total. The van der Waals surface area contributed by atoms with Crippen molar-refractivity contribution >= 4 is 21.8 Å². The summed E-state index contributed by atoms with van der Waals surface area (Å²) in [6.07, 6.45) is 3.17. The summed E-state index contributed by atoms with van der Waals surface area (Å²) in [7, 11) is -3.84. The fourth-order valence-corrected chi connectivity index (χ4v) is 5.43. The Labute approximate surface area is 164 Å². The van der Waals surface area contributed by atoms with E-state index in [9.17, 15) is 18.0 Å². The highest BCUT2D eigenvalue weighted by atomic mass is 32.2. The quantitative estimate of drug-likeness (QED) is 0.796. The molecule has 2 amide bonds. The number of likely N-dealkylation sites (tertiary alicyclic amines) is 1. The lowest BCUT2D eigenvalue weighted by Crippen LogP contribution is -2.42. The number of hydrogen-bond acceptors (Lipinski definition) is 4. The molecular formula is C21H22N2O4S. The number of fused-ring (bicyclic) bond motifs is 1. The van der Waals surface area contributed by atoms with Crippen molar-refractivity contribution in [2.24, 2.45) is 0 Å². The van der Waals surface area contributed by atoms with Gasteiger partial charge < -0.3 is 4.90 Å². The van der Waals surface area contributed by atoms with Crippen LogP contribution in [0.2, 0.25) is 0 Å². The normalized spacial score (nSPS) is 20.9. The standard InChI is InChI=1S/C21H22N2O4S/c1-15-6-4-5-13-22(15)20(24)17-11-9-16(10-12-17)14-23-21(25)18-7-2-3-8-19(18)28(23,26)27/h2-3,7-12,15H,4-6,13-14H2,1H3/t15-/m1/s1. The Hall–Kier alpha value is -2.67. The molecule has 1 saturated heterocycles. The van der Waals surface area contributed by atoms with Gasteiger partial charge in [-0.2, -0.15) is 0 Å². The minimum Gasteiger partial charge on any atom is -0.336 e. The zero-order valence-electron chi connectivity index (χ0n) is 15.7. The van der Waals surface area contributed by atoms with Crippen LogP contribution in [0.5, 0.6) is 0 Å². The van der Waals surface area contributed by atoms with Crippen LogP contribution in [-0.4, -0.2) is 42.0 Å². The van der Waals surface area contributed by atoms with Crippen LogP contribution >= 0.6 is 0 Å². The topological polar surface area (TPSA) is 74.8 Å². The fourth-order valence-electron chi connectivity index (χ4n) is 3.87. The molecule has 4 rings (SSSR count). The maximum absolute atomic E-state index is 12.7. The lowest BCUT2D eigenvalue weighted by atomic mass is 10.0. The third kappa shape index (κ3) is 3.09. The van der Waals surface area contributed by atoms with E-state index in [1.165, 1.54) is 12.1 Å². The van der Waals surface area contributed by atoms with Crippen molar-refractivity contribution in [3.8, 4) is 0 Å². The smallest absolute Gasteiger partial charge is 0.269 e. The molecule has 2 aliphatic rings. The number of carbonyl (C=O) groups is 2. The maximum Gasteiger partial charge on any atom is 0.269 e. The van der Waals surface area contributed by atoms with Crippen molar-refractivity contribution in [3.05, 3.63) is 65.2 Å². The van der Waals surface area contributed by atoms with Gasteiger partial charge >= 0.3 is 0 Å². The second-order valence-electron chi connectivity index (χ2n) is 7.35. The van der Waals surface area contributed by atoms with E-state index in [-0.39, 0.29) is 29.0 Å². The van der Waals surface area contributed by atoms with Crippen molar-refractivity contribution in [1.29, 1.82) is 0 Å². The van der Waals surface area contributed by atoms with Crippen molar-refractivity contribution in [1.82, 2.24) is 9.21 Å². The molecule has 0 N–H and O–H groups in total. The molecule has 0 aromatic heterocycles. The van der Waals surface area contributed by atoms with E-state index >= 15 is 0 Å². The van der Waals surface area contributed by atoms with Gasteiger partial charge in [0, 0.05) is 18.2 Å². The van der Waals surface area contributed by atoms with Gasteiger partial charge in [-0.15, -0.1) is 0 Å². The number of amides is 2. The van der Waals surface area contributed by atoms with Crippen molar-refractivity contribution < 1.29 is 18.0 Å². The molecule has 0 aliphatic carbocycles. The van der Waals surface area contributed by atoms with Crippen LogP contribution in [0.15, 0.2) is 53.4 Å². The summed E-state index contributed by atoms with van der Waals surface area (Å²) in [5, 5.41) is 0. The molecule has 0 bridgehead atoms. The molecule has 2 heterocycles. The molecule has 28 heavy (non-hydrogen) atoms. The number of hydrogen-bond donors (Lipinski definition) is 0. The summed E-state index contributed by atoms with van der Waals surface area (Å²) in [6, 6.07) is 13.3. The second kappa shape index (κ2) is 7.05. The lowest BCUT2D eigenvalue weighted by Gasteiger charge is -2.33. The van der Waals surface area contributed by atoms with Gasteiger partial charge in [0.1, 0.15) is 4.90 Å². The van der Waals surface area contributed by atoms with Crippen LogP contribution in [0.1, 0.15) is 52.5 Å². The number of carbonyl (C=O) groups excluding carboxylic acids is 2. The van der Waals surface area contributed by atoms with Crippen molar-refractivity contribution in [2.75, 3.05) is 6.54 Å². The fraction of sp³-hybridized carbons (Fsp3) is 0.333. The van der Waals surface area contributed by atoms with Gasteiger partial charge in [-0.05, 0) is 56.0 Å². The summed E-state index contributed by atoms with van der Waals surface area (Å²) in [4.78, 5) is 27.2. The average molecular weight is 398 g/mol. The van der Waals surface area contributed by atoms with E-state index < -0.39 is 15.9 Å². The SMILES string of the molecule is C[C@@H]1CCCCN1C(=O)c1ccc(CN2C(=O)c3ccccc3S2(=O)=O)cc1. The van der Waals surface area contributed by atoms with E-state index in [1.807, 2.05) is 4.90 Å². The third-order valence-corrected chi connectivity index (χ3v) is 7.29. The second-order valence-corrected chi connectivity index (χ2v) is 9.18. The highest BCUT2D eigenvalue weighted by Crippen LogP contribution is 2.31. The Kier molecular flexibility index (Phi) is 4.71. The van der Waals surface area contributed by atoms with Crippen LogP contribution in [0.4, 0.5) is 0 Å². The van der Waals surface area contributed by atoms with Crippen LogP contribution in [0, 0.1) is 0 Å². The minimum atomic E-state index is -3.84. The summed E-state index contributed by atoms with van der Waals surface area (Å²) in [6.45, 7) is 2.78. The van der Waals surface area contributed by atoms with Gasteiger partial charge in [0.25, 0.3) is 21.8 Å². The van der Waals surface area contributed by atoms with Gasteiger partial charge in [0.2, 0.25) is 0 Å². The maximum atomic E-state index is 12.7. The lowest BCUT2D eigenvalue weighted by molar-refractivity contribution is 0.0635. The largest absolute Gasteiger partial charge is 0.336 e. The molecule has 1 fully saturated rings. The molecule has 2 aliphatic heterocycles. The van der Waals surface area contributed by atoms with Crippen molar-refractivity contribution in [3.63, 3.8) is 0 Å². The molecule has 0 spiro atoms. The molecule has 2 aromatic carbocycles. The molecule has 7 heteroatoms. The van der Waals surface area contributed by atoms with Gasteiger partial charge in [0.15, 0.2) is 0 Å². The van der Waals surface area contributed by atoms with E-state index in [0.29, 0.717) is 11.1 Å². The molecule has 2 aromatic rings. The highest BCUT2D eigenvalue weighted by molar-refractivity contribution is 7.90. The van der Waals surface area contributed by atoms with Crippen LogP contribution in [0.3, 0.4) is 0 Å². The van der Waals surface area contributed by atoms with Crippen molar-refractivity contribution in [2.45, 2.75) is 43.7 Å². The predicted molar refractivity (Wildman–Crippen MR) is 104 cm³/mol. The highest BCUT2D eigenvalue weighted by Gasteiger charge is 2.40. The molecular weight excluding hydrogens is 376 g/mol. The molecule has 146 valence electrons. The Morgan fingerprint density at radius 2 is 1.79 bits per heavy atom. The first-order valence-electron chi connectivity index (χ1n) is 9.45. The minimum absolute atomic E-state index is 0.00368.